The van der Waals surface area contributed by atoms with E-state index in [-0.39, 0.29) is 39.9 Å². The van der Waals surface area contributed by atoms with E-state index in [1.54, 1.807) is 18.2 Å². The smallest absolute Gasteiger partial charge is 0.331 e. The quantitative estimate of drug-likeness (QED) is 0.552. The van der Waals surface area contributed by atoms with Gasteiger partial charge in [-0.3, -0.25) is 0 Å². The van der Waals surface area contributed by atoms with Crippen LogP contribution in [0.4, 0.5) is 0 Å². The number of rotatable bonds is 4. The zero-order valence-electron chi connectivity index (χ0n) is 19.1. The van der Waals surface area contributed by atoms with Crippen LogP contribution < -0.4 is 4.74 Å². The highest BCUT2D eigenvalue weighted by atomic mass is 16.6. The van der Waals surface area contributed by atoms with Crippen molar-refractivity contribution in [2.24, 2.45) is 28.1 Å². The molecule has 2 N–H and O–H groups in total. The van der Waals surface area contributed by atoms with Crippen LogP contribution in [0, 0.1) is 28.1 Å². The summed E-state index contributed by atoms with van der Waals surface area (Å²) in [6.45, 7) is 9.44. The maximum absolute atomic E-state index is 12.9. The molecule has 1 saturated heterocycles. The van der Waals surface area contributed by atoms with E-state index >= 15 is 0 Å². The van der Waals surface area contributed by atoms with Crippen LogP contribution in [-0.2, 0) is 14.3 Å². The second-order valence-corrected chi connectivity index (χ2v) is 10.4. The highest BCUT2D eigenvalue weighted by Crippen LogP contribution is 2.73. The summed E-state index contributed by atoms with van der Waals surface area (Å²) < 4.78 is 16.9. The van der Waals surface area contributed by atoms with Gasteiger partial charge in [0, 0.05) is 23.3 Å². The van der Waals surface area contributed by atoms with Gasteiger partial charge in [-0.15, -0.1) is 0 Å². The molecule has 2 aliphatic carbocycles. The molecule has 1 heterocycles. The molecule has 0 amide bonds. The number of carbonyl (C=O) groups is 1. The second-order valence-electron chi connectivity index (χ2n) is 10.4. The zero-order chi connectivity index (χ0) is 22.6. The predicted octanol–water partition coefficient (Wildman–Crippen LogP) is 4.14. The Morgan fingerprint density at radius 2 is 1.97 bits per heavy atom. The number of carbonyl (C=O) groups excluding carboxylic acids is 1. The van der Waals surface area contributed by atoms with Crippen LogP contribution in [0.1, 0.15) is 52.5 Å². The van der Waals surface area contributed by atoms with Crippen LogP contribution in [-0.4, -0.2) is 42.3 Å². The number of phenolic OH excluding ortho intramolecular Hbond substituents is 1. The molecule has 0 aromatic heterocycles. The van der Waals surface area contributed by atoms with Crippen LogP contribution in [0.3, 0.4) is 0 Å². The lowest BCUT2D eigenvalue weighted by atomic mass is 9.46. The lowest BCUT2D eigenvalue weighted by molar-refractivity contribution is -0.193. The third-order valence-corrected chi connectivity index (χ3v) is 8.86. The van der Waals surface area contributed by atoms with Crippen LogP contribution in [0.2, 0.25) is 0 Å². The van der Waals surface area contributed by atoms with Gasteiger partial charge in [0.15, 0.2) is 17.8 Å². The van der Waals surface area contributed by atoms with Crippen molar-refractivity contribution in [3.63, 3.8) is 0 Å². The third kappa shape index (κ3) is 3.18. The zero-order valence-corrected chi connectivity index (χ0v) is 19.1. The molecule has 2 saturated carbocycles. The van der Waals surface area contributed by atoms with Crippen molar-refractivity contribution in [2.75, 3.05) is 13.7 Å². The molecule has 6 atom stereocenters. The number of ether oxygens (including phenoxy) is 3. The van der Waals surface area contributed by atoms with Crippen molar-refractivity contribution in [3.05, 3.63) is 29.8 Å². The number of phenols is 1. The fourth-order valence-corrected chi connectivity index (χ4v) is 6.89. The monoisotopic (exact) mass is 430 g/mol. The summed E-state index contributed by atoms with van der Waals surface area (Å²) in [6, 6.07) is 4.89. The molecule has 1 aromatic rings. The van der Waals surface area contributed by atoms with Gasteiger partial charge < -0.3 is 24.4 Å². The van der Waals surface area contributed by atoms with Crippen molar-refractivity contribution in [3.8, 4) is 11.5 Å². The standard InChI is InChI=1S/C25H34O6/c1-23(2)11-6-12-24(3)21(16-14-30-22(28)20(16)25(23,24)4)31-19(27)10-8-15-7-9-17(26)18(13-15)29-5/h7-10,13,16,20-22,26,28H,6,11-12,14H2,1-5H3/t16-,20-,21+,22-,24+,25+/m0/s1. The molecule has 6 heteroatoms. The average Bonchev–Trinajstić information content (AvgIpc) is 3.18. The van der Waals surface area contributed by atoms with Crippen LogP contribution in [0.5, 0.6) is 11.5 Å². The molecule has 0 bridgehead atoms. The first-order valence-corrected chi connectivity index (χ1v) is 11.1. The Bertz CT molecular complexity index is 892. The first kappa shape index (κ1) is 22.2. The summed E-state index contributed by atoms with van der Waals surface area (Å²) in [5.74, 6) is -0.0967. The van der Waals surface area contributed by atoms with Crippen molar-refractivity contribution >= 4 is 12.0 Å². The molecule has 6 nitrogen and oxygen atoms in total. The van der Waals surface area contributed by atoms with E-state index in [1.807, 2.05) is 0 Å². The lowest BCUT2D eigenvalue weighted by Gasteiger charge is -2.59. The van der Waals surface area contributed by atoms with Gasteiger partial charge in [0.1, 0.15) is 6.10 Å². The Morgan fingerprint density at radius 1 is 1.23 bits per heavy atom. The Balaban J connectivity index is 1.60. The topological polar surface area (TPSA) is 85.2 Å². The van der Waals surface area contributed by atoms with E-state index in [1.165, 1.54) is 19.3 Å². The molecule has 170 valence electrons. The number of hydrogen-bond acceptors (Lipinski definition) is 6. The second kappa shape index (κ2) is 7.52. The van der Waals surface area contributed by atoms with E-state index in [0.717, 1.165) is 24.8 Å². The van der Waals surface area contributed by atoms with E-state index in [9.17, 15) is 15.0 Å². The number of aromatic hydroxyl groups is 1. The molecule has 31 heavy (non-hydrogen) atoms. The molecule has 3 aliphatic rings. The lowest BCUT2D eigenvalue weighted by Crippen LogP contribution is -2.56. The molecular weight excluding hydrogens is 396 g/mol. The summed E-state index contributed by atoms with van der Waals surface area (Å²) in [4.78, 5) is 12.9. The number of fused-ring (bicyclic) bond motifs is 3. The summed E-state index contributed by atoms with van der Waals surface area (Å²) >= 11 is 0. The molecular formula is C25H34O6. The highest BCUT2D eigenvalue weighted by molar-refractivity contribution is 5.87. The van der Waals surface area contributed by atoms with Crippen LogP contribution in [0.15, 0.2) is 24.3 Å². The Kier molecular flexibility index (Phi) is 5.38. The molecule has 0 unspecified atom stereocenters. The van der Waals surface area contributed by atoms with Gasteiger partial charge in [-0.2, -0.15) is 0 Å². The highest BCUT2D eigenvalue weighted by Gasteiger charge is 2.74. The van der Waals surface area contributed by atoms with Crippen molar-refractivity contribution in [1.82, 2.24) is 0 Å². The largest absolute Gasteiger partial charge is 0.504 e. The minimum atomic E-state index is -0.824. The SMILES string of the molecule is COc1cc(C=CC(=O)O[C@@H]2[C@H]3CO[C@H](O)[C@H]3[C@]3(C)C(C)(C)CCC[C@]23C)ccc1O. The fourth-order valence-electron chi connectivity index (χ4n) is 6.89. The number of esters is 1. The van der Waals surface area contributed by atoms with Crippen LogP contribution >= 0.6 is 0 Å². The molecule has 0 spiro atoms. The molecule has 3 fully saturated rings. The van der Waals surface area contributed by atoms with Crippen molar-refractivity contribution in [2.45, 2.75) is 59.4 Å². The average molecular weight is 431 g/mol. The van der Waals surface area contributed by atoms with Gasteiger partial charge in [0.05, 0.1) is 13.7 Å². The number of methoxy groups -OCH3 is 1. The summed E-state index contributed by atoms with van der Waals surface area (Å²) in [5, 5.41) is 20.5. The molecule has 1 aliphatic heterocycles. The van der Waals surface area contributed by atoms with Gasteiger partial charge in [0.2, 0.25) is 0 Å². The first-order chi connectivity index (χ1) is 14.5. The maximum Gasteiger partial charge on any atom is 0.331 e. The molecule has 4 rings (SSSR count). The molecule has 0 radical (unpaired) electrons. The van der Waals surface area contributed by atoms with E-state index < -0.39 is 12.3 Å². The number of aliphatic hydroxyl groups excluding tert-OH is 1. The Hall–Kier alpha value is -2.05. The minimum Gasteiger partial charge on any atom is -0.504 e. The predicted molar refractivity (Wildman–Crippen MR) is 116 cm³/mol. The van der Waals surface area contributed by atoms with Crippen LogP contribution in [0.25, 0.3) is 6.08 Å². The maximum atomic E-state index is 12.9. The van der Waals surface area contributed by atoms with Crippen molar-refractivity contribution in [1.29, 1.82) is 0 Å². The van der Waals surface area contributed by atoms with Gasteiger partial charge in [-0.05, 0) is 47.4 Å². The first-order valence-electron chi connectivity index (χ1n) is 11.1. The third-order valence-electron chi connectivity index (χ3n) is 8.86. The number of aliphatic hydroxyl groups is 1. The number of benzene rings is 1. The fraction of sp³-hybridized carbons (Fsp3) is 0.640. The van der Waals surface area contributed by atoms with E-state index in [0.29, 0.717) is 12.4 Å². The summed E-state index contributed by atoms with van der Waals surface area (Å²) in [7, 11) is 1.48. The van der Waals surface area contributed by atoms with Crippen molar-refractivity contribution < 1.29 is 29.2 Å². The normalized spacial score (nSPS) is 38.6. The van der Waals surface area contributed by atoms with Gasteiger partial charge >= 0.3 is 5.97 Å². The van der Waals surface area contributed by atoms with E-state index in [2.05, 4.69) is 27.7 Å². The van der Waals surface area contributed by atoms with Gasteiger partial charge in [-0.25, -0.2) is 4.79 Å². The Morgan fingerprint density at radius 3 is 2.68 bits per heavy atom. The van der Waals surface area contributed by atoms with Gasteiger partial charge in [-0.1, -0.05) is 40.2 Å². The summed E-state index contributed by atoms with van der Waals surface area (Å²) in [5.41, 5.74) is 0.278. The van der Waals surface area contributed by atoms with Gasteiger partial charge in [0.25, 0.3) is 0 Å². The van der Waals surface area contributed by atoms with E-state index in [4.69, 9.17) is 14.2 Å². The minimum absolute atomic E-state index is 0.00279. The Labute approximate surface area is 184 Å². The number of hydrogen-bond donors (Lipinski definition) is 2. The summed E-state index contributed by atoms with van der Waals surface area (Å²) in [6.07, 6.45) is 5.05. The molecule has 1 aromatic carbocycles.